The van der Waals surface area contributed by atoms with E-state index >= 15 is 0 Å². The average molecular weight is 462 g/mol. The molecule has 1 heterocycles. The van der Waals surface area contributed by atoms with E-state index in [0.717, 1.165) is 21.3 Å². The molecule has 0 saturated carbocycles. The highest BCUT2D eigenvalue weighted by atomic mass is 79.9. The van der Waals surface area contributed by atoms with E-state index in [2.05, 4.69) is 38.7 Å². The molecule has 0 aliphatic heterocycles. The topological polar surface area (TPSA) is 27.1 Å². The summed E-state index contributed by atoms with van der Waals surface area (Å²) in [5.74, 6) is 1.42. The second-order valence-electron chi connectivity index (χ2n) is 6.10. The summed E-state index contributed by atoms with van der Waals surface area (Å²) < 4.78 is 9.14. The normalized spacial score (nSPS) is 11.1. The van der Waals surface area contributed by atoms with E-state index in [1.165, 1.54) is 5.56 Å². The number of para-hydroxylation sites is 2. The van der Waals surface area contributed by atoms with Crippen LogP contribution in [0.4, 0.5) is 0 Å². The van der Waals surface area contributed by atoms with Crippen LogP contribution < -0.4 is 4.74 Å². The number of imidazole rings is 1. The Hall–Kier alpha value is -2.01. The molecular weight excluding hydrogens is 447 g/mol. The Morgan fingerprint density at radius 2 is 1.81 bits per heavy atom. The molecule has 1 aromatic heterocycles. The van der Waals surface area contributed by atoms with Crippen LogP contribution in [0.25, 0.3) is 11.0 Å². The van der Waals surface area contributed by atoms with Crippen LogP contribution in [0.1, 0.15) is 11.4 Å². The highest BCUT2D eigenvalue weighted by Gasteiger charge is 2.13. The Kier molecular flexibility index (Phi) is 5.39. The van der Waals surface area contributed by atoms with Gasteiger partial charge in [0.15, 0.2) is 0 Å². The molecule has 4 rings (SSSR count). The van der Waals surface area contributed by atoms with Crippen LogP contribution >= 0.6 is 39.1 Å². The quantitative estimate of drug-likeness (QED) is 0.329. The molecule has 0 N–H and O–H groups in total. The highest BCUT2D eigenvalue weighted by molar-refractivity contribution is 9.10. The maximum absolute atomic E-state index is 6.22. The highest BCUT2D eigenvalue weighted by Crippen LogP contribution is 2.28. The number of rotatable bonds is 5. The Labute approximate surface area is 175 Å². The summed E-state index contributed by atoms with van der Waals surface area (Å²) in [5.41, 5.74) is 3.19. The first-order valence-corrected chi connectivity index (χ1v) is 9.91. The lowest BCUT2D eigenvalue weighted by atomic mass is 10.2. The summed E-state index contributed by atoms with van der Waals surface area (Å²) in [5, 5.41) is 1.06. The Bertz CT molecular complexity index is 1110. The molecule has 6 heteroatoms. The standard InChI is InChI=1S/C21H15BrCl2N2O/c22-15-5-3-4-14(10-15)12-26-19-7-2-1-6-18(19)25-21(26)13-27-20-9-8-16(23)11-17(20)24/h1-11H,12-13H2. The maximum atomic E-state index is 6.22. The first-order chi connectivity index (χ1) is 13.1. The Morgan fingerprint density at radius 1 is 0.963 bits per heavy atom. The Morgan fingerprint density at radius 3 is 2.63 bits per heavy atom. The predicted molar refractivity (Wildman–Crippen MR) is 114 cm³/mol. The number of hydrogen-bond acceptors (Lipinski definition) is 2. The lowest BCUT2D eigenvalue weighted by Crippen LogP contribution is -2.08. The van der Waals surface area contributed by atoms with Gasteiger partial charge in [-0.3, -0.25) is 0 Å². The van der Waals surface area contributed by atoms with Gasteiger partial charge in [0.1, 0.15) is 18.2 Å². The number of aromatic nitrogens is 2. The number of nitrogens with zero attached hydrogens (tertiary/aromatic N) is 2. The molecule has 0 bridgehead atoms. The molecule has 0 aliphatic carbocycles. The number of ether oxygens (including phenoxy) is 1. The van der Waals surface area contributed by atoms with Gasteiger partial charge in [0.05, 0.1) is 16.1 Å². The van der Waals surface area contributed by atoms with Gasteiger partial charge in [-0.1, -0.05) is 63.4 Å². The third-order valence-corrected chi connectivity index (χ3v) is 5.24. The average Bonchev–Trinajstić information content (AvgIpc) is 2.99. The van der Waals surface area contributed by atoms with E-state index in [0.29, 0.717) is 28.9 Å². The van der Waals surface area contributed by atoms with E-state index in [-0.39, 0.29) is 0 Å². The van der Waals surface area contributed by atoms with Gasteiger partial charge < -0.3 is 9.30 Å². The van der Waals surface area contributed by atoms with Gasteiger partial charge in [-0.2, -0.15) is 0 Å². The molecule has 0 fully saturated rings. The molecule has 0 spiro atoms. The minimum absolute atomic E-state index is 0.310. The van der Waals surface area contributed by atoms with Crippen molar-refractivity contribution in [1.29, 1.82) is 0 Å². The molecule has 0 unspecified atom stereocenters. The molecule has 136 valence electrons. The molecule has 3 aromatic carbocycles. The van der Waals surface area contributed by atoms with E-state index in [1.54, 1.807) is 18.2 Å². The fourth-order valence-corrected chi connectivity index (χ4v) is 3.87. The van der Waals surface area contributed by atoms with Crippen LogP contribution in [0.2, 0.25) is 10.0 Å². The number of hydrogen-bond donors (Lipinski definition) is 0. The van der Waals surface area contributed by atoms with Gasteiger partial charge in [0.2, 0.25) is 0 Å². The number of benzene rings is 3. The zero-order valence-electron chi connectivity index (χ0n) is 14.2. The summed E-state index contributed by atoms with van der Waals surface area (Å²) in [6.07, 6.45) is 0. The molecule has 0 aliphatic rings. The Balaban J connectivity index is 1.67. The van der Waals surface area contributed by atoms with Crippen molar-refractivity contribution in [2.75, 3.05) is 0 Å². The van der Waals surface area contributed by atoms with Gasteiger partial charge in [0, 0.05) is 16.0 Å². The van der Waals surface area contributed by atoms with Gasteiger partial charge in [-0.15, -0.1) is 0 Å². The summed E-state index contributed by atoms with van der Waals surface area (Å²) in [4.78, 5) is 4.75. The third-order valence-electron chi connectivity index (χ3n) is 4.21. The number of fused-ring (bicyclic) bond motifs is 1. The lowest BCUT2D eigenvalue weighted by Gasteiger charge is -2.12. The summed E-state index contributed by atoms with van der Waals surface area (Å²) >= 11 is 15.7. The van der Waals surface area contributed by atoms with E-state index in [4.69, 9.17) is 32.9 Å². The maximum Gasteiger partial charge on any atom is 0.148 e. The molecule has 0 radical (unpaired) electrons. The zero-order valence-corrected chi connectivity index (χ0v) is 17.3. The van der Waals surface area contributed by atoms with Crippen LogP contribution in [-0.2, 0) is 13.2 Å². The van der Waals surface area contributed by atoms with Crippen molar-refractivity contribution >= 4 is 50.2 Å². The minimum atomic E-state index is 0.310. The minimum Gasteiger partial charge on any atom is -0.484 e. The molecule has 27 heavy (non-hydrogen) atoms. The van der Waals surface area contributed by atoms with Gasteiger partial charge in [0.25, 0.3) is 0 Å². The summed E-state index contributed by atoms with van der Waals surface area (Å²) in [7, 11) is 0. The van der Waals surface area contributed by atoms with Crippen molar-refractivity contribution in [3.05, 3.63) is 92.6 Å². The fraction of sp³-hybridized carbons (Fsp3) is 0.0952. The molecule has 0 atom stereocenters. The van der Waals surface area contributed by atoms with E-state index in [9.17, 15) is 0 Å². The molecular formula is C21H15BrCl2N2O. The predicted octanol–water partition coefficient (Wildman–Crippen LogP) is 6.73. The van der Waals surface area contributed by atoms with Crippen molar-refractivity contribution in [2.45, 2.75) is 13.2 Å². The van der Waals surface area contributed by atoms with Crippen molar-refractivity contribution in [3.63, 3.8) is 0 Å². The van der Waals surface area contributed by atoms with Gasteiger partial charge in [-0.25, -0.2) is 4.98 Å². The second-order valence-corrected chi connectivity index (χ2v) is 7.86. The molecule has 0 amide bonds. The lowest BCUT2D eigenvalue weighted by molar-refractivity contribution is 0.291. The monoisotopic (exact) mass is 460 g/mol. The van der Waals surface area contributed by atoms with Crippen molar-refractivity contribution in [1.82, 2.24) is 9.55 Å². The third kappa shape index (κ3) is 4.13. The first kappa shape index (κ1) is 18.4. The molecule has 4 aromatic rings. The second kappa shape index (κ2) is 7.93. The van der Waals surface area contributed by atoms with Crippen LogP contribution in [0.3, 0.4) is 0 Å². The SMILES string of the molecule is Clc1ccc(OCc2nc3ccccc3n2Cc2cccc(Br)c2)c(Cl)c1. The smallest absolute Gasteiger partial charge is 0.148 e. The number of halogens is 3. The fourth-order valence-electron chi connectivity index (χ4n) is 2.96. The first-order valence-electron chi connectivity index (χ1n) is 8.36. The van der Waals surface area contributed by atoms with E-state index < -0.39 is 0 Å². The van der Waals surface area contributed by atoms with Crippen LogP contribution in [0.5, 0.6) is 5.75 Å². The largest absolute Gasteiger partial charge is 0.484 e. The van der Waals surface area contributed by atoms with Crippen LogP contribution in [0, 0.1) is 0 Å². The van der Waals surface area contributed by atoms with Gasteiger partial charge in [-0.05, 0) is 48.0 Å². The van der Waals surface area contributed by atoms with Crippen LogP contribution in [-0.4, -0.2) is 9.55 Å². The van der Waals surface area contributed by atoms with Crippen LogP contribution in [0.15, 0.2) is 71.2 Å². The molecule has 0 saturated heterocycles. The van der Waals surface area contributed by atoms with Crippen molar-refractivity contribution in [2.24, 2.45) is 0 Å². The summed E-state index contributed by atoms with van der Waals surface area (Å²) in [6, 6.07) is 21.5. The summed E-state index contributed by atoms with van der Waals surface area (Å²) in [6.45, 7) is 1.01. The van der Waals surface area contributed by atoms with Gasteiger partial charge >= 0.3 is 0 Å². The van der Waals surface area contributed by atoms with Crippen molar-refractivity contribution < 1.29 is 4.74 Å². The van der Waals surface area contributed by atoms with E-state index in [1.807, 2.05) is 30.3 Å². The zero-order chi connectivity index (χ0) is 18.8. The van der Waals surface area contributed by atoms with Crippen molar-refractivity contribution in [3.8, 4) is 5.75 Å². The molecule has 3 nitrogen and oxygen atoms in total.